The number of benzene rings is 1. The van der Waals surface area contributed by atoms with Crippen LogP contribution in [0.4, 0.5) is 5.69 Å². The first kappa shape index (κ1) is 16.9. The fourth-order valence-corrected chi connectivity index (χ4v) is 2.25. The molecule has 0 heterocycles. The fraction of sp³-hybridized carbons (Fsp3) is 0.462. The normalized spacial score (nSPS) is 13.9. The monoisotopic (exact) mass is 318 g/mol. The first-order valence-electron chi connectivity index (χ1n) is 5.99. The molecule has 1 aromatic rings. The molecule has 3 N–H and O–H groups in total. The summed E-state index contributed by atoms with van der Waals surface area (Å²) in [6.45, 7) is 5.52. The molecule has 0 aliphatic carbocycles. The minimum atomic E-state index is -3.37. The summed E-state index contributed by atoms with van der Waals surface area (Å²) in [7, 11) is -3.37. The Hall–Kier alpha value is -1.11. The molecule has 112 valence electrons. The second-order valence-electron chi connectivity index (χ2n) is 5.75. The Balaban J connectivity index is 3.07. The van der Waals surface area contributed by atoms with Crippen LogP contribution in [-0.4, -0.2) is 26.6 Å². The van der Waals surface area contributed by atoms with E-state index < -0.39 is 27.2 Å². The predicted molar refractivity (Wildman–Crippen MR) is 80.6 cm³/mol. The van der Waals surface area contributed by atoms with Gasteiger partial charge in [0, 0.05) is 6.26 Å². The zero-order valence-corrected chi connectivity index (χ0v) is 13.5. The van der Waals surface area contributed by atoms with Crippen LogP contribution in [0, 0.1) is 5.41 Å². The quantitative estimate of drug-likeness (QED) is 0.892. The Bertz CT molecular complexity index is 621. The minimum Gasteiger partial charge on any atom is -0.323 e. The highest BCUT2D eigenvalue weighted by Crippen LogP contribution is 2.26. The molecule has 0 bridgehead atoms. The third kappa shape index (κ3) is 4.19. The fourth-order valence-electron chi connectivity index (χ4n) is 1.43. The van der Waals surface area contributed by atoms with Crippen LogP contribution in [0.15, 0.2) is 23.1 Å². The van der Waals surface area contributed by atoms with Crippen LogP contribution in [0.2, 0.25) is 5.02 Å². The highest BCUT2D eigenvalue weighted by atomic mass is 35.5. The van der Waals surface area contributed by atoms with Crippen LogP contribution in [0.5, 0.6) is 0 Å². The Labute approximate surface area is 124 Å². The van der Waals surface area contributed by atoms with Crippen LogP contribution in [0.3, 0.4) is 0 Å². The van der Waals surface area contributed by atoms with Gasteiger partial charge in [0.15, 0.2) is 9.84 Å². The van der Waals surface area contributed by atoms with Crippen molar-refractivity contribution in [1.29, 1.82) is 0 Å². The van der Waals surface area contributed by atoms with Gasteiger partial charge in [0.25, 0.3) is 0 Å². The van der Waals surface area contributed by atoms with Crippen molar-refractivity contribution in [2.75, 3.05) is 11.6 Å². The van der Waals surface area contributed by atoms with Gasteiger partial charge in [0.2, 0.25) is 5.91 Å². The van der Waals surface area contributed by atoms with E-state index in [1.54, 1.807) is 0 Å². The lowest BCUT2D eigenvalue weighted by Crippen LogP contribution is -2.45. The minimum absolute atomic E-state index is 0.0848. The third-order valence-corrected chi connectivity index (χ3v) is 4.28. The lowest BCUT2D eigenvalue weighted by atomic mass is 9.87. The summed E-state index contributed by atoms with van der Waals surface area (Å²) in [5.74, 6) is -0.412. The van der Waals surface area contributed by atoms with E-state index in [0.717, 1.165) is 6.26 Å². The van der Waals surface area contributed by atoms with Crippen molar-refractivity contribution in [3.05, 3.63) is 23.2 Å². The molecule has 1 aromatic carbocycles. The van der Waals surface area contributed by atoms with Gasteiger partial charge in [-0.1, -0.05) is 32.4 Å². The summed E-state index contributed by atoms with van der Waals surface area (Å²) in [5, 5.41) is 2.83. The second-order valence-corrected chi connectivity index (χ2v) is 8.17. The van der Waals surface area contributed by atoms with Crippen LogP contribution >= 0.6 is 11.6 Å². The van der Waals surface area contributed by atoms with Crippen LogP contribution < -0.4 is 11.1 Å². The van der Waals surface area contributed by atoms with Gasteiger partial charge in [-0.2, -0.15) is 0 Å². The zero-order valence-electron chi connectivity index (χ0n) is 11.9. The van der Waals surface area contributed by atoms with Gasteiger partial charge in [-0.15, -0.1) is 0 Å². The van der Waals surface area contributed by atoms with Crippen molar-refractivity contribution < 1.29 is 13.2 Å². The molecule has 0 aromatic heterocycles. The van der Waals surface area contributed by atoms with E-state index in [1.165, 1.54) is 18.2 Å². The first-order valence-corrected chi connectivity index (χ1v) is 8.26. The molecule has 0 unspecified atom stereocenters. The summed E-state index contributed by atoms with van der Waals surface area (Å²) in [6, 6.07) is 3.40. The Kier molecular flexibility index (Phi) is 4.84. The van der Waals surface area contributed by atoms with Crippen molar-refractivity contribution in [3.8, 4) is 0 Å². The maximum absolute atomic E-state index is 12.0. The lowest BCUT2D eigenvalue weighted by molar-refractivity contribution is -0.119. The van der Waals surface area contributed by atoms with Crippen LogP contribution in [0.1, 0.15) is 20.8 Å². The Morgan fingerprint density at radius 1 is 1.35 bits per heavy atom. The van der Waals surface area contributed by atoms with Gasteiger partial charge in [0.05, 0.1) is 21.6 Å². The molecule has 0 aliphatic rings. The molecule has 1 atom stereocenters. The highest BCUT2D eigenvalue weighted by Gasteiger charge is 2.28. The number of sulfone groups is 1. The summed E-state index contributed by atoms with van der Waals surface area (Å²) < 4.78 is 23.0. The number of hydrogen-bond acceptors (Lipinski definition) is 4. The SMILES string of the molecule is CC(C)(C)[C@@H](N)C(=O)Nc1cc(S(C)(=O)=O)ccc1Cl. The van der Waals surface area contributed by atoms with E-state index in [4.69, 9.17) is 17.3 Å². The van der Waals surface area contributed by atoms with Crippen LogP contribution in [0.25, 0.3) is 0 Å². The molecule has 0 saturated carbocycles. The number of amides is 1. The molecule has 0 saturated heterocycles. The van der Waals surface area contributed by atoms with Gasteiger partial charge < -0.3 is 11.1 Å². The number of carbonyl (C=O) groups excluding carboxylic acids is 1. The molecule has 1 amide bonds. The number of carbonyl (C=O) groups is 1. The van der Waals surface area contributed by atoms with Gasteiger partial charge in [0.1, 0.15) is 0 Å². The van der Waals surface area contributed by atoms with Crippen molar-refractivity contribution in [2.45, 2.75) is 31.7 Å². The molecule has 0 fully saturated rings. The summed E-state index contributed by atoms with van der Waals surface area (Å²) >= 11 is 5.96. The molecule has 1 rings (SSSR count). The third-order valence-electron chi connectivity index (χ3n) is 2.84. The molecule has 5 nitrogen and oxygen atoms in total. The molecule has 0 spiro atoms. The second kappa shape index (κ2) is 5.71. The van der Waals surface area contributed by atoms with Crippen molar-refractivity contribution in [2.24, 2.45) is 11.1 Å². The standard InChI is InChI=1S/C13H19ClN2O3S/c1-13(2,3)11(15)12(17)16-10-7-8(20(4,18)19)5-6-9(10)14/h5-7,11H,15H2,1-4H3,(H,16,17)/t11-/m0/s1. The topological polar surface area (TPSA) is 89.3 Å². The molecule has 0 radical (unpaired) electrons. The summed E-state index contributed by atoms with van der Waals surface area (Å²) in [5.41, 5.74) is 5.67. The smallest absolute Gasteiger partial charge is 0.241 e. The van der Waals surface area contributed by atoms with Crippen molar-refractivity contribution in [3.63, 3.8) is 0 Å². The van der Waals surface area contributed by atoms with E-state index in [1.807, 2.05) is 20.8 Å². The number of hydrogen-bond donors (Lipinski definition) is 2. The largest absolute Gasteiger partial charge is 0.323 e. The van der Waals surface area contributed by atoms with Crippen LogP contribution in [-0.2, 0) is 14.6 Å². The Morgan fingerprint density at radius 3 is 2.35 bits per heavy atom. The van der Waals surface area contributed by atoms with E-state index in [9.17, 15) is 13.2 Å². The molecular formula is C13H19ClN2O3S. The van der Waals surface area contributed by atoms with E-state index in [2.05, 4.69) is 5.32 Å². The average Bonchev–Trinajstić information content (AvgIpc) is 2.28. The van der Waals surface area contributed by atoms with Gasteiger partial charge in [-0.3, -0.25) is 4.79 Å². The highest BCUT2D eigenvalue weighted by molar-refractivity contribution is 7.90. The molecule has 7 heteroatoms. The maximum atomic E-state index is 12.0. The van der Waals surface area contributed by atoms with Gasteiger partial charge in [-0.25, -0.2) is 8.42 Å². The number of anilines is 1. The van der Waals surface area contributed by atoms with Crippen molar-refractivity contribution in [1.82, 2.24) is 0 Å². The number of rotatable bonds is 3. The van der Waals surface area contributed by atoms with Gasteiger partial charge >= 0.3 is 0 Å². The molecular weight excluding hydrogens is 300 g/mol. The van der Waals surface area contributed by atoms with E-state index >= 15 is 0 Å². The number of nitrogens with two attached hydrogens (primary N) is 1. The number of nitrogens with one attached hydrogen (secondary N) is 1. The van der Waals surface area contributed by atoms with E-state index in [0.29, 0.717) is 0 Å². The lowest BCUT2D eigenvalue weighted by Gasteiger charge is -2.26. The average molecular weight is 319 g/mol. The summed E-state index contributed by atoms with van der Waals surface area (Å²) in [4.78, 5) is 12.1. The number of halogens is 1. The summed E-state index contributed by atoms with van der Waals surface area (Å²) in [6.07, 6.45) is 1.09. The predicted octanol–water partition coefficient (Wildman–Crippen LogP) is 2.06. The molecule has 20 heavy (non-hydrogen) atoms. The Morgan fingerprint density at radius 2 is 1.90 bits per heavy atom. The zero-order chi connectivity index (χ0) is 15.7. The maximum Gasteiger partial charge on any atom is 0.241 e. The molecule has 0 aliphatic heterocycles. The van der Waals surface area contributed by atoms with Gasteiger partial charge in [-0.05, 0) is 23.6 Å². The van der Waals surface area contributed by atoms with Crippen molar-refractivity contribution >= 4 is 33.0 Å². The first-order chi connectivity index (χ1) is 8.93. The van der Waals surface area contributed by atoms with E-state index in [-0.39, 0.29) is 15.6 Å².